The molecule has 2 aromatic carbocycles. The smallest absolute Gasteiger partial charge is 0.116 e. The van der Waals surface area contributed by atoms with Crippen molar-refractivity contribution < 1.29 is 5.11 Å². The van der Waals surface area contributed by atoms with Crippen LogP contribution in [0.25, 0.3) is 11.1 Å². The zero-order valence-electron chi connectivity index (χ0n) is 8.14. The number of hydrogen-bond donors (Lipinski definition) is 3. The van der Waals surface area contributed by atoms with E-state index in [4.69, 9.17) is 11.5 Å². The molecule has 3 nitrogen and oxygen atoms in total. The number of nitrogen functional groups attached to an aromatic ring is 2. The van der Waals surface area contributed by atoms with Crippen LogP contribution in [0.5, 0.6) is 5.75 Å². The van der Waals surface area contributed by atoms with Crippen molar-refractivity contribution in [2.75, 3.05) is 11.5 Å². The van der Waals surface area contributed by atoms with Gasteiger partial charge in [-0.2, -0.15) is 0 Å². The highest BCUT2D eigenvalue weighted by Crippen LogP contribution is 2.29. The molecule has 0 atom stereocenters. The second kappa shape index (κ2) is 3.53. The number of phenolic OH excluding ortho intramolecular Hbond substituents is 1. The van der Waals surface area contributed by atoms with E-state index in [1.165, 1.54) is 0 Å². The van der Waals surface area contributed by atoms with Gasteiger partial charge in [0.05, 0.1) is 0 Å². The van der Waals surface area contributed by atoms with Gasteiger partial charge in [-0.15, -0.1) is 0 Å². The molecule has 0 saturated carbocycles. The Kier molecular flexibility index (Phi) is 2.21. The number of hydrogen-bond acceptors (Lipinski definition) is 3. The topological polar surface area (TPSA) is 72.3 Å². The third-order valence-corrected chi connectivity index (χ3v) is 2.26. The van der Waals surface area contributed by atoms with Crippen LogP contribution in [-0.2, 0) is 0 Å². The summed E-state index contributed by atoms with van der Waals surface area (Å²) >= 11 is 0. The largest absolute Gasteiger partial charge is 0.508 e. The highest BCUT2D eigenvalue weighted by molar-refractivity contribution is 5.78. The molecular weight excluding hydrogens is 188 g/mol. The molecule has 5 N–H and O–H groups in total. The van der Waals surface area contributed by atoms with Crippen LogP contribution in [0.2, 0.25) is 0 Å². The Balaban J connectivity index is 2.53. The number of anilines is 2. The second-order valence-electron chi connectivity index (χ2n) is 3.39. The zero-order valence-corrected chi connectivity index (χ0v) is 8.14. The van der Waals surface area contributed by atoms with Gasteiger partial charge in [-0.25, -0.2) is 0 Å². The summed E-state index contributed by atoms with van der Waals surface area (Å²) in [6.45, 7) is 0. The summed E-state index contributed by atoms with van der Waals surface area (Å²) in [7, 11) is 0. The van der Waals surface area contributed by atoms with E-state index >= 15 is 0 Å². The lowest BCUT2D eigenvalue weighted by Gasteiger charge is -2.06. The molecule has 0 saturated heterocycles. The van der Waals surface area contributed by atoms with Gasteiger partial charge < -0.3 is 16.6 Å². The van der Waals surface area contributed by atoms with Crippen LogP contribution in [0.3, 0.4) is 0 Å². The van der Waals surface area contributed by atoms with Gasteiger partial charge in [-0.3, -0.25) is 0 Å². The number of rotatable bonds is 1. The molecule has 2 rings (SSSR count). The van der Waals surface area contributed by atoms with E-state index in [1.807, 2.05) is 12.1 Å². The first-order valence-corrected chi connectivity index (χ1v) is 4.61. The normalized spacial score (nSPS) is 10.1. The van der Waals surface area contributed by atoms with Crippen LogP contribution in [0.15, 0.2) is 42.5 Å². The van der Waals surface area contributed by atoms with E-state index in [0.29, 0.717) is 11.4 Å². The highest BCUT2D eigenvalue weighted by Gasteiger charge is 2.03. The molecule has 0 amide bonds. The summed E-state index contributed by atoms with van der Waals surface area (Å²) in [5.41, 5.74) is 14.5. The minimum atomic E-state index is 0.205. The molecule has 2 aromatic rings. The molecule has 0 aliphatic rings. The van der Waals surface area contributed by atoms with Gasteiger partial charge in [0.15, 0.2) is 0 Å². The molecule has 0 aliphatic heterocycles. The van der Waals surface area contributed by atoms with Crippen molar-refractivity contribution in [3.8, 4) is 16.9 Å². The Morgan fingerprint density at radius 1 is 0.867 bits per heavy atom. The van der Waals surface area contributed by atoms with Crippen LogP contribution in [0.1, 0.15) is 0 Å². The van der Waals surface area contributed by atoms with Crippen LogP contribution >= 0.6 is 0 Å². The summed E-state index contributed by atoms with van der Waals surface area (Å²) in [5, 5.41) is 9.37. The fourth-order valence-corrected chi connectivity index (χ4v) is 1.46. The average Bonchev–Trinajstić information content (AvgIpc) is 2.23. The zero-order chi connectivity index (χ0) is 10.8. The molecule has 0 aliphatic carbocycles. The number of aromatic hydroxyl groups is 1. The number of phenols is 1. The van der Waals surface area contributed by atoms with Crippen LogP contribution in [0.4, 0.5) is 11.4 Å². The minimum Gasteiger partial charge on any atom is -0.508 e. The van der Waals surface area contributed by atoms with E-state index in [1.54, 1.807) is 30.3 Å². The SMILES string of the molecule is Nc1ccc(-c2cc(O)ccc2N)cc1. The Hall–Kier alpha value is -2.16. The molecule has 0 aromatic heterocycles. The standard InChI is InChI=1S/C12H12N2O/c13-9-3-1-8(2-4-9)11-7-10(15)5-6-12(11)14/h1-7,15H,13-14H2. The second-order valence-corrected chi connectivity index (χ2v) is 3.39. The molecule has 0 fully saturated rings. The van der Waals surface area contributed by atoms with Crippen molar-refractivity contribution in [2.24, 2.45) is 0 Å². The van der Waals surface area contributed by atoms with Gasteiger partial charge in [0.25, 0.3) is 0 Å². The maximum Gasteiger partial charge on any atom is 0.116 e. The number of nitrogens with two attached hydrogens (primary N) is 2. The maximum absolute atomic E-state index is 9.37. The maximum atomic E-state index is 9.37. The monoisotopic (exact) mass is 200 g/mol. The first-order valence-electron chi connectivity index (χ1n) is 4.61. The van der Waals surface area contributed by atoms with Gasteiger partial charge in [0.1, 0.15) is 5.75 Å². The van der Waals surface area contributed by atoms with E-state index in [0.717, 1.165) is 11.1 Å². The van der Waals surface area contributed by atoms with Gasteiger partial charge in [-0.1, -0.05) is 12.1 Å². The molecule has 0 radical (unpaired) electrons. The lowest BCUT2D eigenvalue weighted by Crippen LogP contribution is -1.90. The van der Waals surface area contributed by atoms with E-state index in [9.17, 15) is 5.11 Å². The molecule has 0 spiro atoms. The summed E-state index contributed by atoms with van der Waals surface area (Å²) in [4.78, 5) is 0. The first kappa shape index (κ1) is 9.40. The lowest BCUT2D eigenvalue weighted by atomic mass is 10.0. The van der Waals surface area contributed by atoms with E-state index in [2.05, 4.69) is 0 Å². The highest BCUT2D eigenvalue weighted by atomic mass is 16.3. The Bertz CT molecular complexity index is 477. The van der Waals surface area contributed by atoms with Crippen molar-refractivity contribution in [1.82, 2.24) is 0 Å². The third kappa shape index (κ3) is 1.86. The first-order chi connectivity index (χ1) is 7.16. The molecular formula is C12H12N2O. The van der Waals surface area contributed by atoms with Gasteiger partial charge in [0, 0.05) is 16.9 Å². The predicted octanol–water partition coefficient (Wildman–Crippen LogP) is 2.22. The molecule has 0 bridgehead atoms. The van der Waals surface area contributed by atoms with Crippen molar-refractivity contribution in [1.29, 1.82) is 0 Å². The Morgan fingerprint density at radius 3 is 2.20 bits per heavy atom. The third-order valence-electron chi connectivity index (χ3n) is 2.26. The summed E-state index contributed by atoms with van der Waals surface area (Å²) < 4.78 is 0. The number of benzene rings is 2. The fraction of sp³-hybridized carbons (Fsp3) is 0. The average molecular weight is 200 g/mol. The van der Waals surface area contributed by atoms with E-state index < -0.39 is 0 Å². The van der Waals surface area contributed by atoms with Crippen LogP contribution in [-0.4, -0.2) is 5.11 Å². The van der Waals surface area contributed by atoms with Crippen molar-refractivity contribution >= 4 is 11.4 Å². The van der Waals surface area contributed by atoms with Gasteiger partial charge >= 0.3 is 0 Å². The van der Waals surface area contributed by atoms with E-state index in [-0.39, 0.29) is 5.75 Å². The Labute approximate surface area is 88.0 Å². The molecule has 15 heavy (non-hydrogen) atoms. The molecule has 0 unspecified atom stereocenters. The minimum absolute atomic E-state index is 0.205. The van der Waals surface area contributed by atoms with Crippen LogP contribution < -0.4 is 11.5 Å². The van der Waals surface area contributed by atoms with Crippen LogP contribution in [0, 0.1) is 0 Å². The summed E-state index contributed by atoms with van der Waals surface area (Å²) in [5.74, 6) is 0.205. The van der Waals surface area contributed by atoms with Crippen molar-refractivity contribution in [2.45, 2.75) is 0 Å². The van der Waals surface area contributed by atoms with Crippen molar-refractivity contribution in [3.63, 3.8) is 0 Å². The quantitative estimate of drug-likeness (QED) is 0.488. The molecule has 76 valence electrons. The fourth-order valence-electron chi connectivity index (χ4n) is 1.46. The van der Waals surface area contributed by atoms with Crippen molar-refractivity contribution in [3.05, 3.63) is 42.5 Å². The molecule has 0 heterocycles. The lowest BCUT2D eigenvalue weighted by molar-refractivity contribution is 0.475. The molecule has 3 heteroatoms. The Morgan fingerprint density at radius 2 is 1.53 bits per heavy atom. The predicted molar refractivity (Wildman–Crippen MR) is 62.4 cm³/mol. The summed E-state index contributed by atoms with van der Waals surface area (Å²) in [6, 6.07) is 12.2. The van der Waals surface area contributed by atoms with Gasteiger partial charge in [-0.05, 0) is 35.9 Å². The summed E-state index contributed by atoms with van der Waals surface area (Å²) in [6.07, 6.45) is 0. The van der Waals surface area contributed by atoms with Gasteiger partial charge in [0.2, 0.25) is 0 Å².